The quantitative estimate of drug-likeness (QED) is 0.736. The van der Waals surface area contributed by atoms with Gasteiger partial charge in [-0.1, -0.05) is 24.1 Å². The fourth-order valence-electron chi connectivity index (χ4n) is 1.46. The first-order valence-corrected chi connectivity index (χ1v) is 6.02. The number of rotatable bonds is 2. The lowest BCUT2D eigenvalue weighted by molar-refractivity contribution is 0.714. The Hall–Kier alpha value is -0.210. The molecule has 0 aliphatic carbocycles. The van der Waals surface area contributed by atoms with Gasteiger partial charge in [-0.15, -0.1) is 11.8 Å². The maximum absolute atomic E-state index is 5.44. The Balaban J connectivity index is 2.62. The summed E-state index contributed by atoms with van der Waals surface area (Å²) in [6.07, 6.45) is 9.60. The van der Waals surface area contributed by atoms with Crippen LogP contribution in [0.2, 0.25) is 0 Å². The molecular weight excluding hydrogens is 178 g/mol. The molecule has 0 unspecified atom stereocenters. The van der Waals surface area contributed by atoms with E-state index in [4.69, 9.17) is 5.73 Å². The van der Waals surface area contributed by atoms with Crippen LogP contribution in [0.5, 0.6) is 0 Å². The molecule has 2 heteroatoms. The van der Waals surface area contributed by atoms with Crippen molar-refractivity contribution in [1.29, 1.82) is 0 Å². The Labute approximate surface area is 85.5 Å². The summed E-state index contributed by atoms with van der Waals surface area (Å²) in [5, 5.41) is 0. The van der Waals surface area contributed by atoms with Crippen LogP contribution in [0.15, 0.2) is 22.6 Å². The lowest BCUT2D eigenvalue weighted by Gasteiger charge is -2.12. The minimum atomic E-state index is 0.650. The van der Waals surface area contributed by atoms with Gasteiger partial charge in [0, 0.05) is 11.4 Å². The van der Waals surface area contributed by atoms with Gasteiger partial charge in [-0.25, -0.2) is 0 Å². The molecule has 0 aromatic rings. The summed E-state index contributed by atoms with van der Waals surface area (Å²) < 4.78 is 0. The average molecular weight is 197 g/mol. The zero-order valence-electron chi connectivity index (χ0n) is 8.38. The topological polar surface area (TPSA) is 26.0 Å². The van der Waals surface area contributed by atoms with Crippen LogP contribution < -0.4 is 5.73 Å². The molecule has 2 N–H and O–H groups in total. The van der Waals surface area contributed by atoms with Crippen LogP contribution in [-0.4, -0.2) is 12.3 Å². The van der Waals surface area contributed by atoms with Crippen LogP contribution in [0, 0.1) is 0 Å². The number of nitrogens with two attached hydrogens (primary N) is 1. The van der Waals surface area contributed by atoms with Crippen molar-refractivity contribution in [3.8, 4) is 0 Å². The second-order valence-corrected chi connectivity index (χ2v) is 4.58. The molecule has 0 spiro atoms. The van der Waals surface area contributed by atoms with Gasteiger partial charge in [0.1, 0.15) is 0 Å². The zero-order valence-corrected chi connectivity index (χ0v) is 9.20. The van der Waals surface area contributed by atoms with E-state index in [-0.39, 0.29) is 0 Å². The molecular formula is C11H19NS. The molecule has 0 fully saturated rings. The normalized spacial score (nSPS) is 26.0. The minimum Gasteiger partial charge on any atom is -0.327 e. The van der Waals surface area contributed by atoms with E-state index < -0.39 is 0 Å². The third kappa shape index (κ3) is 4.01. The average Bonchev–Trinajstić information content (AvgIpc) is 2.11. The number of hydrogen-bond acceptors (Lipinski definition) is 2. The predicted molar refractivity (Wildman–Crippen MR) is 61.8 cm³/mol. The van der Waals surface area contributed by atoms with E-state index in [1.807, 2.05) is 17.8 Å². The van der Waals surface area contributed by atoms with Crippen molar-refractivity contribution in [1.82, 2.24) is 0 Å². The minimum absolute atomic E-state index is 0.650. The number of hydrogen-bond donors (Lipinski definition) is 1. The molecule has 1 aliphatic rings. The Bertz CT molecular complexity index is 206. The predicted octanol–water partition coefficient (Wildman–Crippen LogP) is 3.08. The number of thioether (sulfide) groups is 1. The fourth-order valence-corrected chi connectivity index (χ4v) is 2.57. The third-order valence-electron chi connectivity index (χ3n) is 2.28. The van der Waals surface area contributed by atoms with E-state index >= 15 is 0 Å². The van der Waals surface area contributed by atoms with Gasteiger partial charge < -0.3 is 5.73 Å². The van der Waals surface area contributed by atoms with Gasteiger partial charge in [0.2, 0.25) is 0 Å². The van der Waals surface area contributed by atoms with Gasteiger partial charge in [-0.2, -0.15) is 0 Å². The molecule has 0 bridgehead atoms. The highest BCUT2D eigenvalue weighted by atomic mass is 32.2. The van der Waals surface area contributed by atoms with Crippen molar-refractivity contribution in [3.05, 3.63) is 22.6 Å². The maximum Gasteiger partial charge on any atom is 0.0110 e. The Morgan fingerprint density at radius 3 is 3.00 bits per heavy atom. The first-order valence-electron chi connectivity index (χ1n) is 5.03. The van der Waals surface area contributed by atoms with Crippen LogP contribution in [0.25, 0.3) is 0 Å². The standard InChI is InChI=1S/C11H19NS/c1-10-6-3-2-4-9-13-11(10)7-5-8-12/h5,7H,2-4,6,8-9,12H2,1H3/b7-5-,11-10-. The molecule has 0 saturated carbocycles. The highest BCUT2D eigenvalue weighted by molar-refractivity contribution is 8.03. The molecule has 0 amide bonds. The summed E-state index contributed by atoms with van der Waals surface area (Å²) in [5.41, 5.74) is 6.98. The number of allylic oxidation sites excluding steroid dienone is 2. The molecule has 1 rings (SSSR count). The molecule has 0 aromatic carbocycles. The lowest BCUT2D eigenvalue weighted by atomic mass is 10.1. The van der Waals surface area contributed by atoms with Crippen LogP contribution >= 0.6 is 11.8 Å². The summed E-state index contributed by atoms with van der Waals surface area (Å²) >= 11 is 1.98. The summed E-state index contributed by atoms with van der Waals surface area (Å²) in [5.74, 6) is 1.27. The van der Waals surface area contributed by atoms with Crippen molar-refractivity contribution in [3.63, 3.8) is 0 Å². The highest BCUT2D eigenvalue weighted by Crippen LogP contribution is 2.28. The second-order valence-electron chi connectivity index (χ2n) is 3.44. The zero-order chi connectivity index (χ0) is 9.52. The summed E-state index contributed by atoms with van der Waals surface area (Å²) in [7, 11) is 0. The monoisotopic (exact) mass is 197 g/mol. The molecule has 0 atom stereocenters. The van der Waals surface area contributed by atoms with Crippen LogP contribution in [0.1, 0.15) is 32.6 Å². The maximum atomic E-state index is 5.44. The Morgan fingerprint density at radius 1 is 1.38 bits per heavy atom. The smallest absolute Gasteiger partial charge is 0.0110 e. The molecule has 0 saturated heterocycles. The first kappa shape index (κ1) is 10.9. The van der Waals surface area contributed by atoms with Crippen LogP contribution in [-0.2, 0) is 0 Å². The van der Waals surface area contributed by atoms with Crippen molar-refractivity contribution < 1.29 is 0 Å². The van der Waals surface area contributed by atoms with E-state index in [0.29, 0.717) is 6.54 Å². The lowest BCUT2D eigenvalue weighted by Crippen LogP contribution is -1.95. The highest BCUT2D eigenvalue weighted by Gasteiger charge is 2.04. The van der Waals surface area contributed by atoms with Gasteiger partial charge in [0.25, 0.3) is 0 Å². The van der Waals surface area contributed by atoms with Crippen molar-refractivity contribution in [2.75, 3.05) is 12.3 Å². The first-order chi connectivity index (χ1) is 6.34. The van der Waals surface area contributed by atoms with Gasteiger partial charge in [-0.05, 0) is 31.9 Å². The molecule has 0 aromatic heterocycles. The van der Waals surface area contributed by atoms with Gasteiger partial charge in [0.05, 0.1) is 0 Å². The van der Waals surface area contributed by atoms with Crippen molar-refractivity contribution in [2.45, 2.75) is 32.6 Å². The molecule has 13 heavy (non-hydrogen) atoms. The Kier molecular flexibility index (Phi) is 5.25. The second kappa shape index (κ2) is 6.28. The molecule has 1 nitrogen and oxygen atoms in total. The van der Waals surface area contributed by atoms with Crippen LogP contribution in [0.3, 0.4) is 0 Å². The fraction of sp³-hybridized carbons (Fsp3) is 0.636. The van der Waals surface area contributed by atoms with E-state index in [1.54, 1.807) is 0 Å². The summed E-state index contributed by atoms with van der Waals surface area (Å²) in [6.45, 7) is 2.89. The largest absolute Gasteiger partial charge is 0.327 e. The van der Waals surface area contributed by atoms with Gasteiger partial charge >= 0.3 is 0 Å². The third-order valence-corrected chi connectivity index (χ3v) is 3.57. The van der Waals surface area contributed by atoms with E-state index in [0.717, 1.165) is 0 Å². The van der Waals surface area contributed by atoms with Crippen molar-refractivity contribution >= 4 is 11.8 Å². The van der Waals surface area contributed by atoms with Gasteiger partial charge in [0.15, 0.2) is 0 Å². The van der Waals surface area contributed by atoms with Gasteiger partial charge in [-0.3, -0.25) is 0 Å². The van der Waals surface area contributed by atoms with Crippen molar-refractivity contribution in [2.24, 2.45) is 5.73 Å². The van der Waals surface area contributed by atoms with E-state index in [9.17, 15) is 0 Å². The molecule has 0 radical (unpaired) electrons. The molecule has 1 heterocycles. The van der Waals surface area contributed by atoms with Crippen LogP contribution in [0.4, 0.5) is 0 Å². The SMILES string of the molecule is C/C1=C(\C=C/CN)SCCCCC1. The summed E-state index contributed by atoms with van der Waals surface area (Å²) in [4.78, 5) is 1.45. The van der Waals surface area contributed by atoms with E-state index in [1.165, 1.54) is 41.9 Å². The summed E-state index contributed by atoms with van der Waals surface area (Å²) in [6, 6.07) is 0. The Morgan fingerprint density at radius 2 is 2.23 bits per heavy atom. The molecule has 74 valence electrons. The molecule has 1 aliphatic heterocycles. The van der Waals surface area contributed by atoms with E-state index in [2.05, 4.69) is 13.0 Å².